The molecule has 0 amide bonds. The van der Waals surface area contributed by atoms with E-state index in [4.69, 9.17) is 14.8 Å². The van der Waals surface area contributed by atoms with E-state index in [0.29, 0.717) is 29.6 Å². The molecule has 6 aromatic rings. The van der Waals surface area contributed by atoms with Crippen molar-refractivity contribution in [2.45, 2.75) is 113 Å². The Hall–Kier alpha value is -4.64. The van der Waals surface area contributed by atoms with Gasteiger partial charge in [0.25, 0.3) is 0 Å². The van der Waals surface area contributed by atoms with Gasteiger partial charge >= 0.3 is 0 Å². The van der Waals surface area contributed by atoms with E-state index in [-0.39, 0.29) is 5.41 Å². The van der Waals surface area contributed by atoms with Gasteiger partial charge in [-0.1, -0.05) is 92.2 Å². The first-order valence-electron chi connectivity index (χ1n) is 19.8. The number of ether oxygens (including phenoxy) is 1. The number of hydrogen-bond donors (Lipinski definition) is 0. The van der Waals surface area contributed by atoms with Gasteiger partial charge in [-0.3, -0.25) is 4.57 Å². The van der Waals surface area contributed by atoms with Gasteiger partial charge in [0, 0.05) is 46.3 Å². The number of pyridine rings is 1. The molecular weight excluding hydrogens is 649 g/mol. The summed E-state index contributed by atoms with van der Waals surface area (Å²) in [6, 6.07) is 26.1. The lowest BCUT2D eigenvalue weighted by Gasteiger charge is -2.33. The third-order valence-electron chi connectivity index (χ3n) is 11.4. The van der Waals surface area contributed by atoms with Crippen molar-refractivity contribution in [1.29, 1.82) is 0 Å². The van der Waals surface area contributed by atoms with E-state index in [0.717, 1.165) is 52.6 Å². The molecule has 3 atom stereocenters. The number of para-hydroxylation sites is 1. The molecule has 0 saturated carbocycles. The second-order valence-electron chi connectivity index (χ2n) is 17.6. The zero-order chi connectivity index (χ0) is 37.8. The Morgan fingerprint density at radius 1 is 0.849 bits per heavy atom. The Bertz CT molecular complexity index is 2310. The second-order valence-corrected chi connectivity index (χ2v) is 17.6. The molecule has 5 nitrogen and oxygen atoms in total. The number of nitrogens with zero attached hydrogens (tertiary/aromatic N) is 4. The lowest BCUT2D eigenvalue weighted by atomic mass is 9.72. The van der Waals surface area contributed by atoms with E-state index in [2.05, 4.69) is 164 Å². The molecule has 0 aliphatic heterocycles. The molecule has 0 N–H and O–H groups in total. The van der Waals surface area contributed by atoms with E-state index in [1.807, 2.05) is 6.20 Å². The first-order valence-corrected chi connectivity index (χ1v) is 19.8. The van der Waals surface area contributed by atoms with Crippen molar-refractivity contribution in [2.75, 3.05) is 0 Å². The van der Waals surface area contributed by atoms with E-state index < -0.39 is 0 Å². The highest BCUT2D eigenvalue weighted by molar-refractivity contribution is 6.09. The van der Waals surface area contributed by atoms with Crippen LogP contribution in [0.15, 0.2) is 90.6 Å². The summed E-state index contributed by atoms with van der Waals surface area (Å²) in [5.74, 6) is 5.10. The van der Waals surface area contributed by atoms with Gasteiger partial charge in [-0.05, 0) is 116 Å². The minimum Gasteiger partial charge on any atom is -0.457 e. The van der Waals surface area contributed by atoms with Crippen molar-refractivity contribution in [2.24, 2.45) is 17.8 Å². The summed E-state index contributed by atoms with van der Waals surface area (Å²) < 4.78 is 11.4. The molecule has 53 heavy (non-hydrogen) atoms. The Morgan fingerprint density at radius 3 is 2.32 bits per heavy atom. The summed E-state index contributed by atoms with van der Waals surface area (Å²) >= 11 is 0. The van der Waals surface area contributed by atoms with Gasteiger partial charge in [0.2, 0.25) is 0 Å². The van der Waals surface area contributed by atoms with E-state index >= 15 is 0 Å². The second kappa shape index (κ2) is 14.3. The number of benzene rings is 3. The Balaban J connectivity index is 1.36. The lowest BCUT2D eigenvalue weighted by molar-refractivity contribution is 0.389. The lowest BCUT2D eigenvalue weighted by Crippen LogP contribution is -2.21. The number of aromatic nitrogens is 4. The molecular formula is C48H58N4O. The van der Waals surface area contributed by atoms with Crippen molar-refractivity contribution in [3.63, 3.8) is 0 Å². The molecule has 5 heteroatoms. The standard InChI is InChI=1S/C48H58N4O/c1-29(2)16-19-43-47(46-32(6)22-31(5)23-33(46)7)34(8)50-52(43)37-25-36(48(9,10)11)26-39(27-37)53-38-17-18-41-40-14-12-13-15-42(40)51(44(41)28-38)45-24-35(30(3)4)20-21-49-45/h12-15,17-18,20-22,24-31,33,46H,16,19,23H2,1-11H3/t31-,33-,46-/m0/s1. The van der Waals surface area contributed by atoms with E-state index in [1.54, 1.807) is 0 Å². The predicted molar refractivity (Wildman–Crippen MR) is 222 cm³/mol. The number of fused-ring (bicyclic) bond motifs is 3. The van der Waals surface area contributed by atoms with Crippen molar-refractivity contribution in [3.8, 4) is 23.0 Å². The minimum absolute atomic E-state index is 0.0892. The minimum atomic E-state index is -0.0892. The monoisotopic (exact) mass is 706 g/mol. The number of rotatable bonds is 9. The fourth-order valence-corrected chi connectivity index (χ4v) is 8.69. The molecule has 0 fully saturated rings. The topological polar surface area (TPSA) is 44.9 Å². The van der Waals surface area contributed by atoms with Gasteiger partial charge in [-0.15, -0.1) is 0 Å². The van der Waals surface area contributed by atoms with Crippen molar-refractivity contribution in [1.82, 2.24) is 19.3 Å². The summed E-state index contributed by atoms with van der Waals surface area (Å²) in [5.41, 5.74) is 11.1. The Kier molecular flexibility index (Phi) is 9.91. The maximum Gasteiger partial charge on any atom is 0.137 e. The summed E-state index contributed by atoms with van der Waals surface area (Å²) in [7, 11) is 0. The third kappa shape index (κ3) is 7.20. The van der Waals surface area contributed by atoms with Crippen LogP contribution in [0.25, 0.3) is 33.3 Å². The third-order valence-corrected chi connectivity index (χ3v) is 11.4. The molecule has 0 bridgehead atoms. The van der Waals surface area contributed by atoms with Crippen LogP contribution in [0.3, 0.4) is 0 Å². The predicted octanol–water partition coefficient (Wildman–Crippen LogP) is 13.2. The average Bonchev–Trinajstić information content (AvgIpc) is 3.60. The van der Waals surface area contributed by atoms with Gasteiger partial charge in [-0.25, -0.2) is 9.67 Å². The molecule has 3 aromatic carbocycles. The summed E-state index contributed by atoms with van der Waals surface area (Å²) in [4.78, 5) is 4.86. The normalized spacial score (nSPS) is 18.1. The van der Waals surface area contributed by atoms with Crippen LogP contribution in [0.4, 0.5) is 0 Å². The molecule has 3 heterocycles. The highest BCUT2D eigenvalue weighted by Gasteiger charge is 2.33. The maximum absolute atomic E-state index is 6.89. The Morgan fingerprint density at radius 2 is 1.60 bits per heavy atom. The van der Waals surface area contributed by atoms with Crippen LogP contribution in [-0.4, -0.2) is 19.3 Å². The number of allylic oxidation sites excluding steroid dienone is 2. The molecule has 0 radical (unpaired) electrons. The molecule has 1 aliphatic carbocycles. The van der Waals surface area contributed by atoms with Crippen LogP contribution in [0.2, 0.25) is 0 Å². The van der Waals surface area contributed by atoms with Gasteiger partial charge in [0.05, 0.1) is 22.4 Å². The van der Waals surface area contributed by atoms with Crippen LogP contribution in [-0.2, 0) is 11.8 Å². The summed E-state index contributed by atoms with van der Waals surface area (Å²) in [6.45, 7) is 25.3. The zero-order valence-corrected chi connectivity index (χ0v) is 33.8. The van der Waals surface area contributed by atoms with Gasteiger partial charge in [0.15, 0.2) is 0 Å². The van der Waals surface area contributed by atoms with E-state index in [1.165, 1.54) is 45.2 Å². The fraction of sp³-hybridized carbons (Fsp3) is 0.417. The SMILES string of the molecule is CC1=C[C@H](C)C[C@H](C)[C@H]1c1c(C)nn(-c2cc(Oc3ccc4c5ccccc5n(-c5cc(C(C)C)ccn5)c4c3)cc(C(C)(C)C)c2)c1CCC(C)C. The number of hydrogen-bond acceptors (Lipinski definition) is 3. The Labute approximate surface area is 317 Å². The van der Waals surface area contributed by atoms with Crippen LogP contribution < -0.4 is 4.74 Å². The van der Waals surface area contributed by atoms with Crippen LogP contribution in [0, 0.1) is 24.7 Å². The first-order chi connectivity index (χ1) is 25.2. The first kappa shape index (κ1) is 36.7. The van der Waals surface area contributed by atoms with Crippen molar-refractivity contribution in [3.05, 3.63) is 119 Å². The maximum atomic E-state index is 6.89. The van der Waals surface area contributed by atoms with Crippen molar-refractivity contribution >= 4 is 21.8 Å². The van der Waals surface area contributed by atoms with Crippen LogP contribution >= 0.6 is 0 Å². The molecule has 276 valence electrons. The molecule has 0 spiro atoms. The highest BCUT2D eigenvalue weighted by Crippen LogP contribution is 2.44. The summed E-state index contributed by atoms with van der Waals surface area (Å²) in [6.07, 6.45) is 7.73. The zero-order valence-electron chi connectivity index (χ0n) is 33.8. The van der Waals surface area contributed by atoms with Crippen LogP contribution in [0.5, 0.6) is 11.5 Å². The van der Waals surface area contributed by atoms with Gasteiger partial charge < -0.3 is 4.74 Å². The molecule has 7 rings (SSSR count). The number of aryl methyl sites for hydroxylation is 1. The summed E-state index contributed by atoms with van der Waals surface area (Å²) in [5, 5.41) is 7.73. The van der Waals surface area contributed by atoms with Gasteiger partial charge in [0.1, 0.15) is 17.3 Å². The molecule has 1 aliphatic rings. The molecule has 3 aromatic heterocycles. The molecule has 0 unspecified atom stereocenters. The average molecular weight is 707 g/mol. The fourth-order valence-electron chi connectivity index (χ4n) is 8.69. The van der Waals surface area contributed by atoms with Crippen LogP contribution in [0.1, 0.15) is 122 Å². The smallest absolute Gasteiger partial charge is 0.137 e. The van der Waals surface area contributed by atoms with E-state index in [9.17, 15) is 0 Å². The quantitative estimate of drug-likeness (QED) is 0.141. The largest absolute Gasteiger partial charge is 0.457 e. The highest BCUT2D eigenvalue weighted by atomic mass is 16.5. The van der Waals surface area contributed by atoms with Crippen molar-refractivity contribution < 1.29 is 4.74 Å². The molecule has 0 saturated heterocycles. The van der Waals surface area contributed by atoms with Gasteiger partial charge in [-0.2, -0.15) is 5.10 Å².